The maximum absolute atomic E-state index is 14.2. The fraction of sp³-hybridized carbons (Fsp3) is 0.651. The topological polar surface area (TPSA) is 136 Å². The number of carbonyl (C=O) groups is 2. The Labute approximate surface area is 357 Å². The summed E-state index contributed by atoms with van der Waals surface area (Å²) in [4.78, 5) is 55.3. The summed E-state index contributed by atoms with van der Waals surface area (Å²) in [6.07, 6.45) is 8.34. The summed E-state index contributed by atoms with van der Waals surface area (Å²) >= 11 is 11.7. The number of piperidine rings is 1. The third kappa shape index (κ3) is 8.19. The number of amides is 2. The molecule has 3 aromatic rings. The van der Waals surface area contributed by atoms with Gasteiger partial charge in [-0.15, -0.1) is 4.90 Å². The zero-order chi connectivity index (χ0) is 41.0. The molecule has 2 bridgehead atoms. The zero-order valence-corrected chi connectivity index (χ0v) is 36.4. The number of nitrogens with one attached hydrogen (secondary N) is 3. The minimum atomic E-state index is -0.644. The molecule has 1 spiro atoms. The Morgan fingerprint density at radius 1 is 0.932 bits per heavy atom. The summed E-state index contributed by atoms with van der Waals surface area (Å²) in [6.45, 7) is 16.5. The van der Waals surface area contributed by atoms with E-state index in [0.29, 0.717) is 57.2 Å². The van der Waals surface area contributed by atoms with Crippen LogP contribution in [0.2, 0.25) is 5.02 Å². The maximum Gasteiger partial charge on any atom is 0.508 e. The van der Waals surface area contributed by atoms with Gasteiger partial charge in [-0.25, -0.2) is 9.97 Å². The van der Waals surface area contributed by atoms with Gasteiger partial charge in [0.2, 0.25) is 11.4 Å². The second-order valence-corrected chi connectivity index (χ2v) is 19.8. The molecule has 2 amide bonds. The van der Waals surface area contributed by atoms with Crippen LogP contribution in [0.5, 0.6) is 0 Å². The van der Waals surface area contributed by atoms with Crippen molar-refractivity contribution >= 4 is 58.9 Å². The normalized spacial score (nSPS) is 28.0. The lowest BCUT2D eigenvalue weighted by Crippen LogP contribution is -2.76. The van der Waals surface area contributed by atoms with Gasteiger partial charge in [0.15, 0.2) is 0 Å². The number of piperazine rings is 2. The Hall–Kier alpha value is -3.47. The van der Waals surface area contributed by atoms with Crippen molar-refractivity contribution in [2.45, 2.75) is 87.3 Å². The van der Waals surface area contributed by atoms with Crippen molar-refractivity contribution in [3.8, 4) is 0 Å². The highest BCUT2D eigenvalue weighted by Gasteiger charge is 2.74. The van der Waals surface area contributed by atoms with Gasteiger partial charge in [0.05, 0.1) is 28.3 Å². The fourth-order valence-electron chi connectivity index (χ4n) is 10.3. The summed E-state index contributed by atoms with van der Waals surface area (Å²) in [6, 6.07) is 9.69. The highest BCUT2D eigenvalue weighted by molar-refractivity contribution is 7.81. The quantitative estimate of drug-likeness (QED) is 0.188. The van der Waals surface area contributed by atoms with E-state index in [0.717, 1.165) is 99.7 Å². The standard InChI is InChI=1S/C43H59ClN10O4S/c1-40(2,3)58-39(56)54-37(43(54)13-18-52(19-14-43)36-32-8-15-46-35(32)47-29-48-36)49-34(30-4-6-31(44)7-5-30)33(59)26-50-22-24-53(25-23-50)38(55)41-9-11-42(12-10-41,57-28-41)27-51-20-16-45-17-21-51/h4-8,15,29,33-34,45,59H,9-14,16-28H2,1-3H3,(H,46,47,48)/p+1/t33?,34-,41?,42?,54?/m1/s1. The number of ether oxygens (including phenoxy) is 2. The van der Waals surface area contributed by atoms with E-state index in [4.69, 9.17) is 33.7 Å². The number of aromatic nitrogens is 3. The average Bonchev–Trinajstić information content (AvgIpc) is 3.54. The van der Waals surface area contributed by atoms with Crippen LogP contribution in [0.25, 0.3) is 11.0 Å². The summed E-state index contributed by atoms with van der Waals surface area (Å²) in [5.74, 6) is 2.04. The van der Waals surface area contributed by atoms with Crippen LogP contribution in [0.4, 0.5) is 10.6 Å². The minimum absolute atomic E-state index is 0.0960. The van der Waals surface area contributed by atoms with E-state index < -0.39 is 11.1 Å². The molecule has 1 aromatic carbocycles. The third-order valence-electron chi connectivity index (χ3n) is 13.8. The molecular formula is C43H60ClN10O4S+. The van der Waals surface area contributed by atoms with E-state index in [-0.39, 0.29) is 34.3 Å². The van der Waals surface area contributed by atoms with Crippen LogP contribution in [-0.2, 0) is 14.3 Å². The molecule has 2 atom stereocenters. The van der Waals surface area contributed by atoms with Gasteiger partial charge in [-0.3, -0.25) is 19.6 Å². The second kappa shape index (κ2) is 16.1. The Kier molecular flexibility index (Phi) is 11.2. The van der Waals surface area contributed by atoms with Crippen molar-refractivity contribution in [2.75, 3.05) is 90.0 Å². The van der Waals surface area contributed by atoms with Crippen LogP contribution in [0.15, 0.2) is 42.9 Å². The van der Waals surface area contributed by atoms with Crippen molar-refractivity contribution < 1.29 is 24.1 Å². The highest BCUT2D eigenvalue weighted by atomic mass is 35.5. The summed E-state index contributed by atoms with van der Waals surface area (Å²) in [5, 5.41) is 4.96. The number of thiol groups is 1. The molecule has 59 heavy (non-hydrogen) atoms. The predicted molar refractivity (Wildman–Crippen MR) is 231 cm³/mol. The van der Waals surface area contributed by atoms with Gasteiger partial charge < -0.3 is 29.6 Å². The SMILES string of the molecule is CC(C)(C)OC(=O)N1C(=[NH+][C@H](c2ccc(Cl)cc2)C(S)CN2CCN(C(=O)C34CCC(CN5CCNCC5)(CC3)OC4)CC2)C12CCN(c1ncnc3[nH]ccc13)CC2. The number of halogens is 1. The van der Waals surface area contributed by atoms with Crippen LogP contribution >= 0.6 is 24.2 Å². The van der Waals surface area contributed by atoms with Crippen molar-refractivity contribution in [1.82, 2.24) is 39.9 Å². The van der Waals surface area contributed by atoms with E-state index in [1.807, 2.05) is 62.2 Å². The molecular weight excluding hydrogens is 788 g/mol. The van der Waals surface area contributed by atoms with Gasteiger partial charge in [0.1, 0.15) is 29.4 Å². The number of hydrogen-bond donors (Lipinski definition) is 4. The Balaban J connectivity index is 0.878. The molecule has 3 N–H and O–H groups in total. The molecule has 14 nitrogen and oxygen atoms in total. The van der Waals surface area contributed by atoms with E-state index in [9.17, 15) is 9.59 Å². The predicted octanol–water partition coefficient (Wildman–Crippen LogP) is 3.10. The molecule has 7 aliphatic rings. The van der Waals surface area contributed by atoms with Crippen LogP contribution in [0.1, 0.15) is 70.9 Å². The van der Waals surface area contributed by atoms with Crippen molar-refractivity contribution in [1.29, 1.82) is 0 Å². The van der Waals surface area contributed by atoms with Crippen LogP contribution in [0, 0.1) is 5.41 Å². The van der Waals surface area contributed by atoms with E-state index in [1.54, 1.807) is 6.33 Å². The van der Waals surface area contributed by atoms with Gasteiger partial charge in [-0.05, 0) is 70.2 Å². The number of nitrogens with zero attached hydrogens (tertiary/aromatic N) is 7. The van der Waals surface area contributed by atoms with Crippen molar-refractivity contribution in [3.05, 3.63) is 53.4 Å². The molecule has 6 saturated heterocycles. The Morgan fingerprint density at radius 3 is 2.31 bits per heavy atom. The number of H-pyrrole nitrogens is 1. The average molecular weight is 849 g/mol. The van der Waals surface area contributed by atoms with Crippen LogP contribution in [0.3, 0.4) is 0 Å². The molecule has 318 valence electrons. The zero-order valence-electron chi connectivity index (χ0n) is 34.7. The lowest BCUT2D eigenvalue weighted by Gasteiger charge is -2.55. The number of aromatic amines is 1. The summed E-state index contributed by atoms with van der Waals surface area (Å²) in [5.41, 5.74) is 0.219. The number of benzene rings is 1. The second-order valence-electron chi connectivity index (χ2n) is 18.7. The van der Waals surface area contributed by atoms with E-state index in [2.05, 4.69) is 44.9 Å². The van der Waals surface area contributed by atoms with Crippen molar-refractivity contribution in [3.63, 3.8) is 0 Å². The molecule has 10 rings (SSSR count). The van der Waals surface area contributed by atoms with Gasteiger partial charge >= 0.3 is 11.9 Å². The fourth-order valence-corrected chi connectivity index (χ4v) is 10.9. The molecule has 1 unspecified atom stereocenters. The number of anilines is 1. The lowest BCUT2D eigenvalue weighted by atomic mass is 9.65. The lowest BCUT2D eigenvalue weighted by molar-refractivity contribution is -0.509. The maximum atomic E-state index is 14.2. The highest BCUT2D eigenvalue weighted by Crippen LogP contribution is 2.50. The van der Waals surface area contributed by atoms with E-state index in [1.165, 1.54) is 0 Å². The smallest absolute Gasteiger partial charge is 0.425 e. The van der Waals surface area contributed by atoms with Crippen LogP contribution in [-0.4, -0.2) is 160 Å². The van der Waals surface area contributed by atoms with Crippen molar-refractivity contribution in [2.24, 2.45) is 5.41 Å². The number of fused-ring (bicyclic) bond motifs is 4. The number of carbonyl (C=O) groups excluding carboxylic acids is 2. The first-order valence-electron chi connectivity index (χ1n) is 21.6. The van der Waals surface area contributed by atoms with Gasteiger partial charge in [0, 0.05) is 103 Å². The first-order valence-corrected chi connectivity index (χ1v) is 22.5. The van der Waals surface area contributed by atoms with E-state index >= 15 is 0 Å². The summed E-state index contributed by atoms with van der Waals surface area (Å²) < 4.78 is 12.6. The molecule has 2 aromatic heterocycles. The van der Waals surface area contributed by atoms with Gasteiger partial charge in [-0.2, -0.15) is 17.4 Å². The molecule has 0 radical (unpaired) electrons. The summed E-state index contributed by atoms with van der Waals surface area (Å²) in [7, 11) is 0. The number of rotatable bonds is 9. The van der Waals surface area contributed by atoms with Gasteiger partial charge in [-0.1, -0.05) is 23.7 Å². The first-order chi connectivity index (χ1) is 28.4. The molecule has 1 aliphatic carbocycles. The minimum Gasteiger partial charge on any atom is -0.425 e. The third-order valence-corrected chi connectivity index (χ3v) is 14.5. The van der Waals surface area contributed by atoms with Gasteiger partial charge in [0.25, 0.3) is 0 Å². The Bertz CT molecular complexity index is 2010. The molecule has 8 heterocycles. The Morgan fingerprint density at radius 2 is 1.64 bits per heavy atom. The molecule has 7 fully saturated rings. The monoisotopic (exact) mass is 847 g/mol. The van der Waals surface area contributed by atoms with Crippen LogP contribution < -0.4 is 15.2 Å². The molecule has 6 aliphatic heterocycles. The number of hydrogen-bond acceptors (Lipinski definition) is 11. The molecule has 1 saturated carbocycles. The molecule has 16 heteroatoms. The largest absolute Gasteiger partial charge is 0.508 e. The first kappa shape index (κ1) is 40.9. The number of amidine groups is 1.